The first-order chi connectivity index (χ1) is 9.88. The first-order valence-corrected chi connectivity index (χ1v) is 7.25. The summed E-state index contributed by atoms with van der Waals surface area (Å²) in [6, 6.07) is 0.441. The molecule has 21 heavy (non-hydrogen) atoms. The maximum Gasteiger partial charge on any atom is 0.200 e. The summed E-state index contributed by atoms with van der Waals surface area (Å²) in [5.74, 6) is -4.73. The highest BCUT2D eigenvalue weighted by atomic mass is 79.9. The predicted molar refractivity (Wildman–Crippen MR) is 72.0 cm³/mol. The van der Waals surface area contributed by atoms with Crippen molar-refractivity contribution in [1.82, 2.24) is 5.43 Å². The first-order valence-electron chi connectivity index (χ1n) is 5.57. The molecule has 0 saturated carbocycles. The number of hydrogen-bond donors (Lipinski definition) is 2. The van der Waals surface area contributed by atoms with Crippen LogP contribution in [0.25, 0.3) is 0 Å². The van der Waals surface area contributed by atoms with E-state index in [9.17, 15) is 22.0 Å². The quantitative estimate of drug-likeness (QED) is 0.274. The van der Waals surface area contributed by atoms with E-state index in [1.54, 1.807) is 11.4 Å². The number of nitrogens with two attached hydrogens (primary N) is 1. The van der Waals surface area contributed by atoms with Crippen molar-refractivity contribution in [2.75, 3.05) is 0 Å². The molecule has 0 radical (unpaired) electrons. The Morgan fingerprint density at radius 2 is 1.57 bits per heavy atom. The zero-order valence-electron chi connectivity index (χ0n) is 10.2. The Kier molecular flexibility index (Phi) is 4.97. The standard InChI is InChI=1S/C12H8BrF5N2S/c13-4-1-2-21-6(4)3-5(20-19)7-8(14)10(16)12(18)11(17)9(7)15/h1-2,5,20H,3,19H2. The molecule has 0 aliphatic carbocycles. The summed E-state index contributed by atoms with van der Waals surface area (Å²) in [6.07, 6.45) is -0.0346. The van der Waals surface area contributed by atoms with Gasteiger partial charge in [0, 0.05) is 21.3 Å². The van der Waals surface area contributed by atoms with Gasteiger partial charge in [0.25, 0.3) is 0 Å². The minimum atomic E-state index is -2.19. The van der Waals surface area contributed by atoms with E-state index in [1.165, 1.54) is 11.3 Å². The van der Waals surface area contributed by atoms with Gasteiger partial charge in [0.2, 0.25) is 5.82 Å². The minimum absolute atomic E-state index is 0.0346. The SMILES string of the molecule is NNC(Cc1sccc1Br)c1c(F)c(F)c(F)c(F)c1F. The summed E-state index contributed by atoms with van der Waals surface area (Å²) >= 11 is 4.48. The van der Waals surface area contributed by atoms with E-state index in [2.05, 4.69) is 21.4 Å². The lowest BCUT2D eigenvalue weighted by atomic mass is 10.0. The zero-order chi connectivity index (χ0) is 15.7. The van der Waals surface area contributed by atoms with E-state index in [1.807, 2.05) is 0 Å². The van der Waals surface area contributed by atoms with Crippen LogP contribution in [0.4, 0.5) is 22.0 Å². The Hall–Kier alpha value is -1.03. The number of rotatable bonds is 4. The Bertz CT molecular complexity index is 647. The van der Waals surface area contributed by atoms with Gasteiger partial charge in [-0.2, -0.15) is 0 Å². The van der Waals surface area contributed by atoms with Crippen LogP contribution in [0.3, 0.4) is 0 Å². The molecule has 1 aromatic carbocycles. The average molecular weight is 387 g/mol. The summed E-state index contributed by atoms with van der Waals surface area (Å²) in [4.78, 5) is 0.655. The lowest BCUT2D eigenvalue weighted by Gasteiger charge is -2.18. The van der Waals surface area contributed by atoms with Crippen molar-refractivity contribution in [2.45, 2.75) is 12.5 Å². The highest BCUT2D eigenvalue weighted by Crippen LogP contribution is 2.32. The van der Waals surface area contributed by atoms with Crippen molar-refractivity contribution in [1.29, 1.82) is 0 Å². The third-order valence-electron chi connectivity index (χ3n) is 2.87. The van der Waals surface area contributed by atoms with Crippen molar-refractivity contribution in [3.63, 3.8) is 0 Å². The van der Waals surface area contributed by atoms with Gasteiger partial charge in [0.1, 0.15) is 0 Å². The van der Waals surface area contributed by atoms with Gasteiger partial charge in [-0.1, -0.05) is 0 Å². The highest BCUT2D eigenvalue weighted by Gasteiger charge is 2.30. The van der Waals surface area contributed by atoms with Gasteiger partial charge in [-0.25, -0.2) is 22.0 Å². The topological polar surface area (TPSA) is 38.0 Å². The molecular weight excluding hydrogens is 379 g/mol. The maximum absolute atomic E-state index is 13.7. The van der Waals surface area contributed by atoms with Gasteiger partial charge in [-0.05, 0) is 27.4 Å². The molecule has 0 saturated heterocycles. The monoisotopic (exact) mass is 386 g/mol. The van der Waals surface area contributed by atoms with Gasteiger partial charge in [-0.15, -0.1) is 11.3 Å². The molecule has 2 aromatic rings. The summed E-state index contributed by atoms with van der Waals surface area (Å²) in [7, 11) is 0. The van der Waals surface area contributed by atoms with Crippen molar-refractivity contribution in [3.05, 3.63) is 55.4 Å². The smallest absolute Gasteiger partial charge is 0.200 e. The van der Waals surface area contributed by atoms with Gasteiger partial charge in [-0.3, -0.25) is 11.3 Å². The van der Waals surface area contributed by atoms with E-state index in [4.69, 9.17) is 5.84 Å². The van der Waals surface area contributed by atoms with Crippen LogP contribution in [0.5, 0.6) is 0 Å². The number of benzene rings is 1. The van der Waals surface area contributed by atoms with Gasteiger partial charge in [0.15, 0.2) is 23.3 Å². The van der Waals surface area contributed by atoms with Crippen molar-refractivity contribution in [3.8, 4) is 0 Å². The van der Waals surface area contributed by atoms with Gasteiger partial charge < -0.3 is 0 Å². The van der Waals surface area contributed by atoms with Crippen LogP contribution in [-0.2, 0) is 6.42 Å². The lowest BCUT2D eigenvalue weighted by molar-refractivity contribution is 0.356. The summed E-state index contributed by atoms with van der Waals surface area (Å²) in [6.45, 7) is 0. The van der Waals surface area contributed by atoms with Crippen LogP contribution >= 0.6 is 27.3 Å². The molecule has 3 N–H and O–H groups in total. The van der Waals surface area contributed by atoms with E-state index in [-0.39, 0.29) is 6.42 Å². The number of hydrazine groups is 1. The van der Waals surface area contributed by atoms with Crippen molar-refractivity contribution < 1.29 is 22.0 Å². The summed E-state index contributed by atoms with van der Waals surface area (Å²) < 4.78 is 67.6. The van der Waals surface area contributed by atoms with E-state index in [0.717, 1.165) is 0 Å². The molecule has 1 atom stereocenters. The van der Waals surface area contributed by atoms with Crippen molar-refractivity contribution >= 4 is 27.3 Å². The fraction of sp³-hybridized carbons (Fsp3) is 0.167. The lowest BCUT2D eigenvalue weighted by Crippen LogP contribution is -2.31. The molecule has 1 aromatic heterocycles. The molecule has 0 spiro atoms. The summed E-state index contributed by atoms with van der Waals surface area (Å²) in [5, 5.41) is 1.71. The predicted octanol–water partition coefficient (Wildman–Crippen LogP) is 3.95. The molecule has 2 rings (SSSR count). The van der Waals surface area contributed by atoms with Crippen LogP contribution in [0.2, 0.25) is 0 Å². The van der Waals surface area contributed by atoms with Crippen LogP contribution in [0.1, 0.15) is 16.5 Å². The molecule has 0 aliphatic rings. The maximum atomic E-state index is 13.7. The zero-order valence-corrected chi connectivity index (χ0v) is 12.6. The van der Waals surface area contributed by atoms with Crippen molar-refractivity contribution in [2.24, 2.45) is 5.84 Å². The normalized spacial score (nSPS) is 12.7. The molecule has 0 aliphatic heterocycles. The third-order valence-corrected chi connectivity index (χ3v) is 4.82. The molecule has 0 bridgehead atoms. The molecule has 0 fully saturated rings. The number of nitrogens with one attached hydrogen (secondary N) is 1. The Balaban J connectivity index is 2.50. The van der Waals surface area contributed by atoms with Crippen LogP contribution in [0, 0.1) is 29.1 Å². The number of thiophene rings is 1. The second-order valence-electron chi connectivity index (χ2n) is 4.10. The highest BCUT2D eigenvalue weighted by molar-refractivity contribution is 9.10. The third kappa shape index (κ3) is 2.96. The molecule has 9 heteroatoms. The number of halogens is 6. The minimum Gasteiger partial charge on any atom is -0.271 e. The molecule has 0 amide bonds. The van der Waals surface area contributed by atoms with Crippen LogP contribution in [-0.4, -0.2) is 0 Å². The second kappa shape index (κ2) is 6.39. The van der Waals surface area contributed by atoms with E-state index >= 15 is 0 Å². The summed E-state index contributed by atoms with van der Waals surface area (Å²) in [5.41, 5.74) is 1.11. The average Bonchev–Trinajstić information content (AvgIpc) is 2.87. The fourth-order valence-electron chi connectivity index (χ4n) is 1.83. The van der Waals surface area contributed by atoms with E-state index in [0.29, 0.717) is 9.35 Å². The van der Waals surface area contributed by atoms with Crippen LogP contribution < -0.4 is 11.3 Å². The Morgan fingerprint density at radius 3 is 2.00 bits per heavy atom. The molecule has 1 unspecified atom stereocenters. The van der Waals surface area contributed by atoms with Gasteiger partial charge >= 0.3 is 0 Å². The van der Waals surface area contributed by atoms with E-state index < -0.39 is 40.7 Å². The fourth-order valence-corrected chi connectivity index (χ4v) is 3.39. The molecule has 2 nitrogen and oxygen atoms in total. The van der Waals surface area contributed by atoms with Gasteiger partial charge in [0.05, 0.1) is 6.04 Å². The second-order valence-corrected chi connectivity index (χ2v) is 5.95. The number of hydrogen-bond acceptors (Lipinski definition) is 3. The largest absolute Gasteiger partial charge is 0.271 e. The molecule has 1 heterocycles. The molecular formula is C12H8BrF5N2S. The Labute approximate surface area is 128 Å². The Morgan fingerprint density at radius 1 is 1.05 bits per heavy atom. The molecule has 114 valence electrons. The first kappa shape index (κ1) is 16.3. The van der Waals surface area contributed by atoms with Crippen LogP contribution in [0.15, 0.2) is 15.9 Å².